The number of benzene rings is 2. The molecule has 2 aliphatic rings. The number of piperazine rings is 1. The molecule has 0 spiro atoms. The summed E-state index contributed by atoms with van der Waals surface area (Å²) < 4.78 is 0. The van der Waals surface area contributed by atoms with Crippen LogP contribution in [-0.4, -0.2) is 54.0 Å². The van der Waals surface area contributed by atoms with Gasteiger partial charge in [0.05, 0.1) is 23.8 Å². The van der Waals surface area contributed by atoms with Crippen LogP contribution in [0.3, 0.4) is 0 Å². The minimum atomic E-state index is -0.405. The lowest BCUT2D eigenvalue weighted by atomic mass is 10.1. The Morgan fingerprint density at radius 2 is 1.54 bits per heavy atom. The van der Waals surface area contributed by atoms with Crippen molar-refractivity contribution in [1.82, 2.24) is 4.90 Å². The fourth-order valence-electron chi connectivity index (χ4n) is 4.30. The largest absolute Gasteiger partial charge is 0.506 e. The van der Waals surface area contributed by atoms with Crippen LogP contribution in [0.15, 0.2) is 42.5 Å². The van der Waals surface area contributed by atoms with Gasteiger partial charge in [-0.1, -0.05) is 30.3 Å². The zero-order valence-corrected chi connectivity index (χ0v) is 16.3. The molecule has 4 rings (SSSR count). The van der Waals surface area contributed by atoms with Crippen molar-refractivity contribution in [1.29, 1.82) is 0 Å². The van der Waals surface area contributed by atoms with Crippen molar-refractivity contribution >= 4 is 23.2 Å². The van der Waals surface area contributed by atoms with Crippen LogP contribution in [0, 0.1) is 13.8 Å². The van der Waals surface area contributed by atoms with E-state index in [1.54, 1.807) is 12.1 Å². The van der Waals surface area contributed by atoms with Crippen LogP contribution in [0.2, 0.25) is 0 Å². The Morgan fingerprint density at radius 3 is 2.18 bits per heavy atom. The molecule has 0 aromatic heterocycles. The minimum Gasteiger partial charge on any atom is -0.506 e. The molecule has 0 unspecified atom stereocenters. The number of hydrogen-bond donors (Lipinski definition) is 1. The van der Waals surface area contributed by atoms with E-state index in [1.165, 1.54) is 4.90 Å². The molecule has 2 aliphatic heterocycles. The van der Waals surface area contributed by atoms with E-state index in [-0.39, 0.29) is 24.0 Å². The number of rotatable bonds is 3. The number of carbonyl (C=O) groups excluding carboxylic acids is 2. The van der Waals surface area contributed by atoms with Crippen molar-refractivity contribution in [3.8, 4) is 5.75 Å². The maximum Gasteiger partial charge on any atom is 0.251 e. The Kier molecular flexibility index (Phi) is 4.81. The first kappa shape index (κ1) is 18.5. The van der Waals surface area contributed by atoms with Crippen LogP contribution in [0.25, 0.3) is 0 Å². The molecule has 0 bridgehead atoms. The second-order valence-electron chi connectivity index (χ2n) is 7.54. The first-order valence-electron chi connectivity index (χ1n) is 9.67. The topological polar surface area (TPSA) is 64.1 Å². The van der Waals surface area contributed by atoms with Crippen LogP contribution in [0.5, 0.6) is 5.75 Å². The van der Waals surface area contributed by atoms with Crippen LogP contribution >= 0.6 is 0 Å². The standard InChI is InChI=1S/C22H25N3O3/c1-15-6-5-7-16(2)21(15)25-20(27)14-18(22(25)28)24-12-10-23(11-13-24)17-8-3-4-9-19(17)26/h3-9,18,26H,10-14H2,1-2H3/t18-/m1/s1. The van der Waals surface area contributed by atoms with Gasteiger partial charge in [-0.15, -0.1) is 0 Å². The molecule has 2 saturated heterocycles. The number of nitrogens with zero attached hydrogens (tertiary/aromatic N) is 3. The average molecular weight is 379 g/mol. The summed E-state index contributed by atoms with van der Waals surface area (Å²) in [5.74, 6) is 0.0122. The number of phenols is 1. The average Bonchev–Trinajstić information content (AvgIpc) is 2.97. The molecule has 2 amide bonds. The lowest BCUT2D eigenvalue weighted by Gasteiger charge is -2.38. The molecule has 1 atom stereocenters. The Morgan fingerprint density at radius 1 is 0.893 bits per heavy atom. The molecule has 2 fully saturated rings. The maximum atomic E-state index is 13.1. The highest BCUT2D eigenvalue weighted by Gasteiger charge is 2.44. The first-order chi connectivity index (χ1) is 13.5. The number of amides is 2. The van der Waals surface area contributed by atoms with Gasteiger partial charge in [-0.05, 0) is 37.1 Å². The monoisotopic (exact) mass is 379 g/mol. The summed E-state index contributed by atoms with van der Waals surface area (Å²) in [6, 6.07) is 12.7. The summed E-state index contributed by atoms with van der Waals surface area (Å²) in [6.45, 7) is 6.64. The molecular formula is C22H25N3O3. The highest BCUT2D eigenvalue weighted by Crippen LogP contribution is 2.32. The van der Waals surface area contributed by atoms with Crippen LogP contribution in [0.4, 0.5) is 11.4 Å². The van der Waals surface area contributed by atoms with Gasteiger partial charge in [0.25, 0.3) is 5.91 Å². The summed E-state index contributed by atoms with van der Waals surface area (Å²) in [5.41, 5.74) is 3.42. The van der Waals surface area contributed by atoms with Crippen molar-refractivity contribution < 1.29 is 14.7 Å². The summed E-state index contributed by atoms with van der Waals surface area (Å²) in [5, 5.41) is 10.1. The summed E-state index contributed by atoms with van der Waals surface area (Å²) in [6.07, 6.45) is 0.225. The van der Waals surface area contributed by atoms with Crippen LogP contribution < -0.4 is 9.80 Å². The number of aryl methyl sites for hydroxylation is 2. The number of carbonyl (C=O) groups is 2. The van der Waals surface area contributed by atoms with Crippen molar-refractivity contribution in [2.24, 2.45) is 0 Å². The Bertz CT molecular complexity index is 899. The molecule has 2 heterocycles. The van der Waals surface area contributed by atoms with E-state index in [0.717, 1.165) is 22.5 Å². The third-order valence-electron chi connectivity index (χ3n) is 5.76. The Balaban J connectivity index is 1.49. The maximum absolute atomic E-state index is 13.1. The van der Waals surface area contributed by atoms with Gasteiger partial charge < -0.3 is 10.0 Å². The van der Waals surface area contributed by atoms with Crippen molar-refractivity contribution in [3.63, 3.8) is 0 Å². The molecule has 1 N–H and O–H groups in total. The highest BCUT2D eigenvalue weighted by molar-refractivity contribution is 6.23. The number of imide groups is 1. The predicted molar refractivity (Wildman–Crippen MR) is 109 cm³/mol. The molecule has 0 radical (unpaired) electrons. The van der Waals surface area contributed by atoms with Gasteiger partial charge in [-0.25, -0.2) is 4.90 Å². The quantitative estimate of drug-likeness (QED) is 0.830. The Hall–Kier alpha value is -2.86. The van der Waals surface area contributed by atoms with Gasteiger partial charge in [0.15, 0.2) is 0 Å². The van der Waals surface area contributed by atoms with Gasteiger partial charge >= 0.3 is 0 Å². The smallest absolute Gasteiger partial charge is 0.251 e. The molecule has 6 nitrogen and oxygen atoms in total. The number of phenolic OH excluding ortho intramolecular Hbond substituents is 1. The van der Waals surface area contributed by atoms with E-state index >= 15 is 0 Å². The zero-order valence-electron chi connectivity index (χ0n) is 16.3. The summed E-state index contributed by atoms with van der Waals surface area (Å²) in [4.78, 5) is 31.4. The van der Waals surface area contributed by atoms with Gasteiger partial charge in [0.2, 0.25) is 5.91 Å². The number of aromatic hydroxyl groups is 1. The molecule has 146 valence electrons. The van der Waals surface area contributed by atoms with E-state index in [9.17, 15) is 14.7 Å². The lowest BCUT2D eigenvalue weighted by Crippen LogP contribution is -2.52. The number of para-hydroxylation sites is 3. The summed E-state index contributed by atoms with van der Waals surface area (Å²) >= 11 is 0. The molecular weight excluding hydrogens is 354 g/mol. The third-order valence-corrected chi connectivity index (χ3v) is 5.76. The number of anilines is 2. The van der Waals surface area contributed by atoms with Gasteiger partial charge in [-0.3, -0.25) is 14.5 Å². The minimum absolute atomic E-state index is 0.126. The highest BCUT2D eigenvalue weighted by atomic mass is 16.3. The third kappa shape index (κ3) is 3.14. The number of hydrogen-bond acceptors (Lipinski definition) is 5. The van der Waals surface area contributed by atoms with E-state index in [1.807, 2.05) is 44.2 Å². The van der Waals surface area contributed by atoms with E-state index in [0.29, 0.717) is 26.2 Å². The van der Waals surface area contributed by atoms with Crippen molar-refractivity contribution in [3.05, 3.63) is 53.6 Å². The van der Waals surface area contributed by atoms with Gasteiger partial charge in [0.1, 0.15) is 5.75 Å². The normalized spacial score (nSPS) is 20.9. The summed E-state index contributed by atoms with van der Waals surface area (Å²) in [7, 11) is 0. The van der Waals surface area contributed by atoms with E-state index in [2.05, 4.69) is 9.80 Å². The van der Waals surface area contributed by atoms with Crippen molar-refractivity contribution in [2.75, 3.05) is 36.0 Å². The van der Waals surface area contributed by atoms with Crippen LogP contribution in [-0.2, 0) is 9.59 Å². The molecule has 0 saturated carbocycles. The zero-order chi connectivity index (χ0) is 19.8. The molecule has 6 heteroatoms. The molecule has 2 aromatic carbocycles. The van der Waals surface area contributed by atoms with Crippen molar-refractivity contribution in [2.45, 2.75) is 26.3 Å². The fourth-order valence-corrected chi connectivity index (χ4v) is 4.30. The SMILES string of the molecule is Cc1cccc(C)c1N1C(=O)C[C@@H](N2CCN(c3ccccc3O)CC2)C1=O. The predicted octanol–water partition coefficient (Wildman–Crippen LogP) is 2.46. The van der Waals surface area contributed by atoms with E-state index in [4.69, 9.17) is 0 Å². The molecule has 0 aliphatic carbocycles. The molecule has 28 heavy (non-hydrogen) atoms. The second kappa shape index (κ2) is 7.28. The van der Waals surface area contributed by atoms with Gasteiger partial charge in [0, 0.05) is 26.2 Å². The van der Waals surface area contributed by atoms with E-state index < -0.39 is 6.04 Å². The van der Waals surface area contributed by atoms with Crippen LogP contribution in [0.1, 0.15) is 17.5 Å². The first-order valence-corrected chi connectivity index (χ1v) is 9.67. The Labute approximate surface area is 165 Å². The van der Waals surface area contributed by atoms with Gasteiger partial charge in [-0.2, -0.15) is 0 Å². The lowest BCUT2D eigenvalue weighted by molar-refractivity contribution is -0.123. The fraction of sp³-hybridized carbons (Fsp3) is 0.364. The second-order valence-corrected chi connectivity index (χ2v) is 7.54. The molecule has 2 aromatic rings.